The molecule has 0 aliphatic carbocycles. The zero-order chi connectivity index (χ0) is 21.3. The van der Waals surface area contributed by atoms with Gasteiger partial charge in [0.2, 0.25) is 0 Å². The van der Waals surface area contributed by atoms with Gasteiger partial charge in [-0.1, -0.05) is 0 Å². The van der Waals surface area contributed by atoms with Gasteiger partial charge in [0.1, 0.15) is 10.6 Å². The number of nitrogens with zero attached hydrogens (tertiary/aromatic N) is 2. The molecule has 6 rings (SSSR count). The van der Waals surface area contributed by atoms with E-state index >= 15 is 0 Å². The van der Waals surface area contributed by atoms with Crippen LogP contribution in [0.4, 0.5) is 5.69 Å². The summed E-state index contributed by atoms with van der Waals surface area (Å²) < 4.78 is 38.6. The molecule has 31 heavy (non-hydrogen) atoms. The SMILES string of the molecule is O=c1oc2c3c4c(cc2cc1-c1nc2ccc(S(=O)(=O)O)cc2s1)CCCN4CCC3. The molecule has 0 fully saturated rings. The molecule has 158 valence electrons. The molecule has 0 bridgehead atoms. The number of anilines is 1. The summed E-state index contributed by atoms with van der Waals surface area (Å²) in [7, 11) is -4.31. The number of benzene rings is 2. The lowest BCUT2D eigenvalue weighted by Crippen LogP contribution is -2.34. The highest BCUT2D eigenvalue weighted by atomic mass is 32.2. The first-order chi connectivity index (χ1) is 14.9. The Balaban J connectivity index is 1.55. The largest absolute Gasteiger partial charge is 0.422 e. The molecule has 0 amide bonds. The predicted molar refractivity (Wildman–Crippen MR) is 120 cm³/mol. The third-order valence-electron chi connectivity index (χ3n) is 6.10. The molecular weight excluding hydrogens is 436 g/mol. The zero-order valence-corrected chi connectivity index (χ0v) is 18.1. The van der Waals surface area contributed by atoms with Gasteiger partial charge in [0.15, 0.2) is 0 Å². The molecule has 0 saturated carbocycles. The summed E-state index contributed by atoms with van der Waals surface area (Å²) in [4.78, 5) is 19.6. The first-order valence-corrected chi connectivity index (χ1v) is 12.4. The molecule has 4 heterocycles. The second-order valence-electron chi connectivity index (χ2n) is 8.05. The zero-order valence-electron chi connectivity index (χ0n) is 16.4. The van der Waals surface area contributed by atoms with Gasteiger partial charge in [0.05, 0.1) is 20.7 Å². The normalized spacial score (nSPS) is 16.1. The number of hydrogen-bond donors (Lipinski definition) is 1. The van der Waals surface area contributed by atoms with Crippen LogP contribution in [0.1, 0.15) is 24.0 Å². The van der Waals surface area contributed by atoms with Crippen LogP contribution in [0, 0.1) is 0 Å². The van der Waals surface area contributed by atoms with Gasteiger partial charge in [0, 0.05) is 29.7 Å². The van der Waals surface area contributed by atoms with E-state index in [0.717, 1.165) is 49.7 Å². The van der Waals surface area contributed by atoms with E-state index in [-0.39, 0.29) is 4.90 Å². The van der Waals surface area contributed by atoms with E-state index in [0.29, 0.717) is 26.4 Å². The van der Waals surface area contributed by atoms with Crippen LogP contribution in [0.3, 0.4) is 0 Å². The lowest BCUT2D eigenvalue weighted by Gasteiger charge is -2.37. The number of aryl methyl sites for hydroxylation is 2. The maximum Gasteiger partial charge on any atom is 0.346 e. The molecule has 0 saturated heterocycles. The Morgan fingerprint density at radius 2 is 1.90 bits per heavy atom. The van der Waals surface area contributed by atoms with Gasteiger partial charge in [-0.3, -0.25) is 4.55 Å². The standard InChI is InChI=1S/C22H18N2O5S2/c25-22-16(21-23-17-6-5-14(31(26,27)28)11-18(17)30-21)10-13-9-12-3-1-7-24-8-2-4-15(19(12)24)20(13)29-22/h5-6,9-11H,1-4,7-8H2,(H,26,27,28). The van der Waals surface area contributed by atoms with E-state index in [9.17, 15) is 17.8 Å². The Hall–Kier alpha value is -2.75. The average molecular weight is 455 g/mol. The van der Waals surface area contributed by atoms with Crippen molar-refractivity contribution in [1.29, 1.82) is 0 Å². The van der Waals surface area contributed by atoms with Gasteiger partial charge < -0.3 is 9.32 Å². The number of hydrogen-bond acceptors (Lipinski definition) is 7. The number of aromatic nitrogens is 1. The van der Waals surface area contributed by atoms with Gasteiger partial charge >= 0.3 is 5.63 Å². The second kappa shape index (κ2) is 6.62. The third kappa shape index (κ3) is 2.99. The number of fused-ring (bicyclic) bond motifs is 3. The van der Waals surface area contributed by atoms with Crippen LogP contribution in [0.2, 0.25) is 0 Å². The monoisotopic (exact) mass is 454 g/mol. The fourth-order valence-corrected chi connectivity index (χ4v) is 6.37. The van der Waals surface area contributed by atoms with Gasteiger partial charge in [-0.2, -0.15) is 8.42 Å². The van der Waals surface area contributed by atoms with Crippen LogP contribution in [0.5, 0.6) is 0 Å². The summed E-state index contributed by atoms with van der Waals surface area (Å²) in [6, 6.07) is 8.15. The topological polar surface area (TPSA) is 101 Å². The quantitative estimate of drug-likeness (QED) is 0.361. The lowest BCUT2D eigenvalue weighted by molar-refractivity contribution is 0.483. The van der Waals surface area contributed by atoms with Crippen molar-refractivity contribution in [1.82, 2.24) is 4.98 Å². The average Bonchev–Trinajstić information content (AvgIpc) is 3.17. The summed E-state index contributed by atoms with van der Waals surface area (Å²) in [6.07, 6.45) is 4.08. The molecule has 2 aromatic heterocycles. The Labute approximate surface area is 181 Å². The highest BCUT2D eigenvalue weighted by Gasteiger charge is 2.27. The van der Waals surface area contributed by atoms with E-state index in [1.807, 2.05) is 6.07 Å². The number of thiazole rings is 1. The first kappa shape index (κ1) is 19.0. The molecule has 0 atom stereocenters. The van der Waals surface area contributed by atoms with Crippen molar-refractivity contribution in [3.05, 3.63) is 51.9 Å². The van der Waals surface area contributed by atoms with Crippen LogP contribution >= 0.6 is 11.3 Å². The molecule has 2 aromatic carbocycles. The summed E-state index contributed by atoms with van der Waals surface area (Å²) in [6.45, 7) is 2.09. The van der Waals surface area contributed by atoms with E-state index in [1.54, 1.807) is 0 Å². The van der Waals surface area contributed by atoms with Crippen molar-refractivity contribution in [3.63, 3.8) is 0 Å². The molecule has 1 N–H and O–H groups in total. The molecular formula is C22H18N2O5S2. The Morgan fingerprint density at radius 3 is 2.71 bits per heavy atom. The van der Waals surface area contributed by atoms with Crippen molar-refractivity contribution < 1.29 is 17.4 Å². The van der Waals surface area contributed by atoms with Crippen LogP contribution in [0.25, 0.3) is 31.8 Å². The lowest BCUT2D eigenvalue weighted by atomic mass is 9.90. The summed E-state index contributed by atoms with van der Waals surface area (Å²) in [5.74, 6) is 0. The minimum Gasteiger partial charge on any atom is -0.422 e. The Kier molecular flexibility index (Phi) is 4.05. The smallest absolute Gasteiger partial charge is 0.346 e. The molecule has 0 spiro atoms. The van der Waals surface area contributed by atoms with Crippen molar-refractivity contribution in [3.8, 4) is 10.6 Å². The third-order valence-corrected chi connectivity index (χ3v) is 8.00. The highest BCUT2D eigenvalue weighted by Crippen LogP contribution is 2.40. The number of rotatable bonds is 2. The van der Waals surface area contributed by atoms with E-state index in [2.05, 4.69) is 16.0 Å². The van der Waals surface area contributed by atoms with Gasteiger partial charge in [-0.15, -0.1) is 11.3 Å². The minimum atomic E-state index is -4.31. The molecule has 2 aliphatic heterocycles. The van der Waals surface area contributed by atoms with Crippen LogP contribution < -0.4 is 10.5 Å². The first-order valence-electron chi connectivity index (χ1n) is 10.1. The molecule has 7 nitrogen and oxygen atoms in total. The maximum atomic E-state index is 12.9. The van der Waals surface area contributed by atoms with E-state index in [4.69, 9.17) is 4.42 Å². The Morgan fingerprint density at radius 1 is 1.10 bits per heavy atom. The summed E-state index contributed by atoms with van der Waals surface area (Å²) in [5.41, 5.74) is 4.80. The van der Waals surface area contributed by atoms with Gasteiger partial charge in [-0.05, 0) is 61.6 Å². The maximum absolute atomic E-state index is 12.9. The fraction of sp³-hybridized carbons (Fsp3) is 0.273. The van der Waals surface area contributed by atoms with E-state index < -0.39 is 15.7 Å². The predicted octanol–water partition coefficient (Wildman–Crippen LogP) is 4.02. The van der Waals surface area contributed by atoms with Crippen molar-refractivity contribution in [2.75, 3.05) is 18.0 Å². The second-order valence-corrected chi connectivity index (χ2v) is 10.5. The van der Waals surface area contributed by atoms with Crippen LogP contribution in [-0.2, 0) is 23.0 Å². The van der Waals surface area contributed by atoms with Gasteiger partial charge in [0.25, 0.3) is 10.1 Å². The van der Waals surface area contributed by atoms with Gasteiger partial charge in [-0.25, -0.2) is 9.78 Å². The summed E-state index contributed by atoms with van der Waals surface area (Å²) >= 11 is 1.20. The highest BCUT2D eigenvalue weighted by molar-refractivity contribution is 7.85. The molecule has 9 heteroatoms. The molecule has 0 radical (unpaired) electrons. The molecule has 0 unspecified atom stereocenters. The van der Waals surface area contributed by atoms with Crippen molar-refractivity contribution >= 4 is 48.3 Å². The van der Waals surface area contributed by atoms with Crippen LogP contribution in [0.15, 0.2) is 44.4 Å². The van der Waals surface area contributed by atoms with E-state index in [1.165, 1.54) is 40.8 Å². The summed E-state index contributed by atoms with van der Waals surface area (Å²) in [5, 5.41) is 1.36. The molecule has 2 aliphatic rings. The Bertz CT molecular complexity index is 1550. The van der Waals surface area contributed by atoms with Crippen molar-refractivity contribution in [2.45, 2.75) is 30.6 Å². The molecule has 4 aromatic rings. The van der Waals surface area contributed by atoms with Crippen molar-refractivity contribution in [2.24, 2.45) is 0 Å². The fourth-order valence-electron chi connectivity index (χ4n) is 4.78. The van der Waals surface area contributed by atoms with Crippen LogP contribution in [-0.4, -0.2) is 31.0 Å². The minimum absolute atomic E-state index is 0.198.